The molecule has 0 unspecified atom stereocenters. The standard InChI is InChI=1S/C14H22N4/c1-10(2)7-5-6-8-16-14-13(9-15)11(3)12(4)17-18-14/h10H,5-8H2,1-4H3,(H,16,18). The second-order valence-corrected chi connectivity index (χ2v) is 5.06. The first kappa shape index (κ1) is 14.4. The quantitative estimate of drug-likeness (QED) is 0.783. The molecule has 0 aliphatic heterocycles. The molecule has 0 amide bonds. The van der Waals surface area contributed by atoms with Crippen LogP contribution in [0.2, 0.25) is 0 Å². The molecule has 4 nitrogen and oxygen atoms in total. The summed E-state index contributed by atoms with van der Waals surface area (Å²) in [6.45, 7) is 9.09. The Morgan fingerprint density at radius 2 is 1.94 bits per heavy atom. The summed E-state index contributed by atoms with van der Waals surface area (Å²) in [4.78, 5) is 0. The van der Waals surface area contributed by atoms with E-state index >= 15 is 0 Å². The summed E-state index contributed by atoms with van der Waals surface area (Å²) in [6.07, 6.45) is 3.54. The van der Waals surface area contributed by atoms with E-state index in [1.807, 2.05) is 13.8 Å². The molecule has 0 saturated carbocycles. The van der Waals surface area contributed by atoms with E-state index < -0.39 is 0 Å². The third-order valence-corrected chi connectivity index (χ3v) is 3.07. The minimum absolute atomic E-state index is 0.616. The van der Waals surface area contributed by atoms with Gasteiger partial charge in [-0.2, -0.15) is 10.4 Å². The lowest BCUT2D eigenvalue weighted by Crippen LogP contribution is -2.09. The maximum atomic E-state index is 9.14. The summed E-state index contributed by atoms with van der Waals surface area (Å²) < 4.78 is 0. The molecule has 0 atom stereocenters. The molecule has 1 rings (SSSR count). The molecule has 0 fully saturated rings. The number of nitrogens with zero attached hydrogens (tertiary/aromatic N) is 3. The Morgan fingerprint density at radius 1 is 1.22 bits per heavy atom. The highest BCUT2D eigenvalue weighted by atomic mass is 15.2. The van der Waals surface area contributed by atoms with Gasteiger partial charge in [0, 0.05) is 6.54 Å². The van der Waals surface area contributed by atoms with Crippen molar-refractivity contribution in [3.05, 3.63) is 16.8 Å². The van der Waals surface area contributed by atoms with Gasteiger partial charge in [-0.1, -0.05) is 26.7 Å². The van der Waals surface area contributed by atoms with E-state index in [1.165, 1.54) is 12.8 Å². The monoisotopic (exact) mass is 246 g/mol. The zero-order chi connectivity index (χ0) is 13.5. The highest BCUT2D eigenvalue weighted by Gasteiger charge is 2.09. The van der Waals surface area contributed by atoms with Crippen molar-refractivity contribution in [2.75, 3.05) is 11.9 Å². The molecule has 1 aromatic heterocycles. The van der Waals surface area contributed by atoms with Crippen LogP contribution in [-0.2, 0) is 0 Å². The van der Waals surface area contributed by atoms with Crippen LogP contribution in [0.3, 0.4) is 0 Å². The Bertz CT molecular complexity index is 432. The number of aryl methyl sites for hydroxylation is 1. The highest BCUT2D eigenvalue weighted by Crippen LogP contribution is 2.17. The molecule has 0 spiro atoms. The van der Waals surface area contributed by atoms with E-state index in [2.05, 4.69) is 35.4 Å². The van der Waals surface area contributed by atoms with Gasteiger partial charge in [-0.15, -0.1) is 5.10 Å². The smallest absolute Gasteiger partial charge is 0.166 e. The lowest BCUT2D eigenvalue weighted by atomic mass is 10.1. The van der Waals surface area contributed by atoms with Gasteiger partial charge < -0.3 is 5.32 Å². The van der Waals surface area contributed by atoms with Crippen LogP contribution in [0.15, 0.2) is 0 Å². The van der Waals surface area contributed by atoms with Crippen molar-refractivity contribution in [2.24, 2.45) is 5.92 Å². The number of rotatable bonds is 6. The van der Waals surface area contributed by atoms with Crippen molar-refractivity contribution in [1.29, 1.82) is 5.26 Å². The maximum Gasteiger partial charge on any atom is 0.166 e. The topological polar surface area (TPSA) is 61.6 Å². The number of hydrogen-bond donors (Lipinski definition) is 1. The van der Waals surface area contributed by atoms with Crippen molar-refractivity contribution in [2.45, 2.75) is 47.0 Å². The molecule has 1 N–H and O–H groups in total. The number of nitrogens with one attached hydrogen (secondary N) is 1. The number of unbranched alkanes of at least 4 members (excludes halogenated alkanes) is 1. The molecule has 1 aromatic rings. The summed E-state index contributed by atoms with van der Waals surface area (Å²) in [5.41, 5.74) is 2.35. The molecule has 0 bridgehead atoms. The molecular formula is C14H22N4. The summed E-state index contributed by atoms with van der Waals surface area (Å²) in [7, 11) is 0. The summed E-state index contributed by atoms with van der Waals surface area (Å²) in [5, 5.41) is 20.5. The van der Waals surface area contributed by atoms with Gasteiger partial charge in [0.1, 0.15) is 11.6 Å². The Hall–Kier alpha value is -1.63. The van der Waals surface area contributed by atoms with Gasteiger partial charge in [0.15, 0.2) is 5.82 Å². The second kappa shape index (κ2) is 6.95. The summed E-state index contributed by atoms with van der Waals surface area (Å²) >= 11 is 0. The molecule has 1 heterocycles. The first-order valence-corrected chi connectivity index (χ1v) is 6.54. The molecule has 0 aliphatic rings. The van der Waals surface area contributed by atoms with Crippen molar-refractivity contribution in [3.8, 4) is 6.07 Å². The van der Waals surface area contributed by atoms with E-state index in [0.717, 1.165) is 30.1 Å². The normalized spacial score (nSPS) is 10.4. The van der Waals surface area contributed by atoms with Gasteiger partial charge in [0.05, 0.1) is 5.69 Å². The van der Waals surface area contributed by atoms with E-state index in [-0.39, 0.29) is 0 Å². The van der Waals surface area contributed by atoms with Crippen molar-refractivity contribution in [3.63, 3.8) is 0 Å². The van der Waals surface area contributed by atoms with E-state index in [4.69, 9.17) is 5.26 Å². The van der Waals surface area contributed by atoms with Gasteiger partial charge in [-0.3, -0.25) is 0 Å². The Balaban J connectivity index is 2.53. The molecule has 0 radical (unpaired) electrons. The number of nitriles is 1. The minimum Gasteiger partial charge on any atom is -0.367 e. The molecule has 18 heavy (non-hydrogen) atoms. The van der Waals surface area contributed by atoms with Crippen LogP contribution >= 0.6 is 0 Å². The molecule has 0 aliphatic carbocycles. The summed E-state index contributed by atoms with van der Waals surface area (Å²) in [5.74, 6) is 1.37. The highest BCUT2D eigenvalue weighted by molar-refractivity contribution is 5.55. The fraction of sp³-hybridized carbons (Fsp3) is 0.643. The largest absolute Gasteiger partial charge is 0.367 e. The molecule has 0 aromatic carbocycles. The molecular weight excluding hydrogens is 224 g/mol. The van der Waals surface area contributed by atoms with Gasteiger partial charge in [-0.05, 0) is 31.7 Å². The minimum atomic E-state index is 0.616. The zero-order valence-corrected chi connectivity index (χ0v) is 11.7. The Kier molecular flexibility index (Phi) is 5.57. The van der Waals surface area contributed by atoms with Crippen LogP contribution in [-0.4, -0.2) is 16.7 Å². The van der Waals surface area contributed by atoms with Crippen LogP contribution in [0.4, 0.5) is 5.82 Å². The maximum absolute atomic E-state index is 9.14. The fourth-order valence-electron chi connectivity index (χ4n) is 1.75. The van der Waals surface area contributed by atoms with Crippen molar-refractivity contribution < 1.29 is 0 Å². The average Bonchev–Trinajstić information content (AvgIpc) is 2.33. The number of hydrogen-bond acceptors (Lipinski definition) is 4. The third kappa shape index (κ3) is 3.99. The fourth-order valence-corrected chi connectivity index (χ4v) is 1.75. The Morgan fingerprint density at radius 3 is 2.56 bits per heavy atom. The zero-order valence-electron chi connectivity index (χ0n) is 11.7. The van der Waals surface area contributed by atoms with Gasteiger partial charge in [0.2, 0.25) is 0 Å². The molecule has 98 valence electrons. The lowest BCUT2D eigenvalue weighted by Gasteiger charge is -2.09. The Labute approximate surface area is 109 Å². The number of anilines is 1. The van der Waals surface area contributed by atoms with Gasteiger partial charge in [-0.25, -0.2) is 0 Å². The van der Waals surface area contributed by atoms with Crippen LogP contribution < -0.4 is 5.32 Å². The van der Waals surface area contributed by atoms with E-state index in [0.29, 0.717) is 11.4 Å². The van der Waals surface area contributed by atoms with Gasteiger partial charge in [0.25, 0.3) is 0 Å². The average molecular weight is 246 g/mol. The van der Waals surface area contributed by atoms with Crippen molar-refractivity contribution in [1.82, 2.24) is 10.2 Å². The molecule has 4 heteroatoms. The van der Waals surface area contributed by atoms with Crippen LogP contribution in [0.1, 0.15) is 49.9 Å². The third-order valence-electron chi connectivity index (χ3n) is 3.07. The van der Waals surface area contributed by atoms with E-state index in [9.17, 15) is 0 Å². The number of aromatic nitrogens is 2. The SMILES string of the molecule is Cc1nnc(NCCCCC(C)C)c(C#N)c1C. The predicted molar refractivity (Wildman–Crippen MR) is 73.4 cm³/mol. The van der Waals surface area contributed by atoms with Crippen LogP contribution in [0, 0.1) is 31.1 Å². The van der Waals surface area contributed by atoms with Crippen LogP contribution in [0.25, 0.3) is 0 Å². The first-order valence-electron chi connectivity index (χ1n) is 6.54. The van der Waals surface area contributed by atoms with E-state index in [1.54, 1.807) is 0 Å². The first-order chi connectivity index (χ1) is 8.56. The van der Waals surface area contributed by atoms with Crippen molar-refractivity contribution >= 4 is 5.82 Å². The molecule has 0 saturated heterocycles. The van der Waals surface area contributed by atoms with Crippen LogP contribution in [0.5, 0.6) is 0 Å². The predicted octanol–water partition coefficient (Wildman–Crippen LogP) is 3.20. The lowest BCUT2D eigenvalue weighted by molar-refractivity contribution is 0.544. The van der Waals surface area contributed by atoms with Gasteiger partial charge >= 0.3 is 0 Å². The summed E-state index contributed by atoms with van der Waals surface area (Å²) in [6, 6.07) is 2.20. The second-order valence-electron chi connectivity index (χ2n) is 5.06.